The maximum atomic E-state index is 5.70. The quantitative estimate of drug-likeness (QED) is 0.405. The van der Waals surface area contributed by atoms with E-state index in [1.807, 2.05) is 35.8 Å². The number of hydrogen-bond acceptors (Lipinski definition) is 4. The molecule has 0 bridgehead atoms. The van der Waals surface area contributed by atoms with Crippen LogP contribution in [0.25, 0.3) is 39.3 Å². The minimum Gasteiger partial charge on any atom is -0.441 e. The molecule has 2 aromatic heterocycles. The van der Waals surface area contributed by atoms with Crippen molar-refractivity contribution in [2.45, 2.75) is 20.8 Å². The van der Waals surface area contributed by atoms with Crippen LogP contribution in [0.4, 0.5) is 0 Å². The second kappa shape index (κ2) is 6.71. The molecular formula is C24H20N4O. The summed E-state index contributed by atoms with van der Waals surface area (Å²) in [7, 11) is 0. The molecule has 5 aromatic rings. The molecule has 0 aliphatic carbocycles. The average Bonchev–Trinajstić information content (AvgIpc) is 3.33. The highest BCUT2D eigenvalue weighted by atomic mass is 16.3. The predicted octanol–water partition coefficient (Wildman–Crippen LogP) is 5.67. The number of fused-ring (bicyclic) bond motifs is 1. The molecule has 5 nitrogen and oxygen atoms in total. The van der Waals surface area contributed by atoms with Crippen LogP contribution in [0.5, 0.6) is 0 Å². The lowest BCUT2D eigenvalue weighted by Gasteiger charge is -2.15. The van der Waals surface area contributed by atoms with Gasteiger partial charge in [-0.1, -0.05) is 30.3 Å². The van der Waals surface area contributed by atoms with Crippen molar-refractivity contribution in [3.8, 4) is 28.2 Å². The molecule has 0 unspecified atom stereocenters. The third-order valence-electron chi connectivity index (χ3n) is 5.14. The van der Waals surface area contributed by atoms with Gasteiger partial charge in [0.1, 0.15) is 11.8 Å². The Morgan fingerprint density at radius 1 is 0.793 bits per heavy atom. The maximum Gasteiger partial charge on any atom is 0.192 e. The van der Waals surface area contributed by atoms with E-state index in [9.17, 15) is 0 Å². The molecule has 2 heterocycles. The van der Waals surface area contributed by atoms with E-state index in [4.69, 9.17) is 4.42 Å². The molecular weight excluding hydrogens is 360 g/mol. The minimum atomic E-state index is 0.654. The van der Waals surface area contributed by atoms with Crippen molar-refractivity contribution in [3.05, 3.63) is 84.0 Å². The van der Waals surface area contributed by atoms with Crippen molar-refractivity contribution in [1.29, 1.82) is 0 Å². The van der Waals surface area contributed by atoms with Crippen LogP contribution in [-0.2, 0) is 0 Å². The molecule has 0 fully saturated rings. The van der Waals surface area contributed by atoms with Gasteiger partial charge in [0.05, 0.1) is 5.69 Å². The lowest BCUT2D eigenvalue weighted by atomic mass is 9.98. The highest BCUT2D eigenvalue weighted by Gasteiger charge is 2.15. The Morgan fingerprint density at radius 3 is 2.31 bits per heavy atom. The first-order chi connectivity index (χ1) is 14.1. The Hall–Kier alpha value is -3.73. The summed E-state index contributed by atoms with van der Waals surface area (Å²) in [6.45, 7) is 6.10. The fourth-order valence-electron chi connectivity index (χ4n) is 3.91. The number of oxazole rings is 1. The summed E-state index contributed by atoms with van der Waals surface area (Å²) in [4.78, 5) is 4.37. The van der Waals surface area contributed by atoms with E-state index in [-0.39, 0.29) is 0 Å². The Morgan fingerprint density at radius 2 is 1.55 bits per heavy atom. The van der Waals surface area contributed by atoms with Crippen molar-refractivity contribution in [3.63, 3.8) is 0 Å². The van der Waals surface area contributed by atoms with Gasteiger partial charge >= 0.3 is 0 Å². The minimum absolute atomic E-state index is 0.654. The first kappa shape index (κ1) is 17.4. The van der Waals surface area contributed by atoms with Crippen molar-refractivity contribution in [1.82, 2.24) is 19.7 Å². The summed E-state index contributed by atoms with van der Waals surface area (Å²) in [5.74, 6) is 1.43. The fourth-order valence-corrected chi connectivity index (χ4v) is 3.91. The van der Waals surface area contributed by atoms with Crippen molar-refractivity contribution in [2.24, 2.45) is 0 Å². The SMILES string of the molecule is Cc1nc2ccc(-c3nncn3-c3c(C)cc(-c4ccccc4)cc3C)cc2o1. The van der Waals surface area contributed by atoms with Gasteiger partial charge in [0.15, 0.2) is 17.3 Å². The highest BCUT2D eigenvalue weighted by molar-refractivity contribution is 5.79. The number of benzene rings is 3. The molecule has 5 heteroatoms. The summed E-state index contributed by atoms with van der Waals surface area (Å²) in [6.07, 6.45) is 1.77. The Bertz CT molecular complexity index is 1310. The molecule has 0 atom stereocenters. The van der Waals surface area contributed by atoms with Gasteiger partial charge in [0.25, 0.3) is 0 Å². The third kappa shape index (κ3) is 3.01. The van der Waals surface area contributed by atoms with Crippen molar-refractivity contribution < 1.29 is 4.42 Å². The molecule has 0 N–H and O–H groups in total. The van der Waals surface area contributed by atoms with E-state index in [1.165, 1.54) is 22.3 Å². The van der Waals surface area contributed by atoms with Crippen LogP contribution in [0.2, 0.25) is 0 Å². The van der Waals surface area contributed by atoms with Crippen LogP contribution in [0.15, 0.2) is 71.4 Å². The molecule has 5 rings (SSSR count). The molecule has 0 spiro atoms. The number of hydrogen-bond donors (Lipinski definition) is 0. The number of rotatable bonds is 3. The maximum absolute atomic E-state index is 5.70. The van der Waals surface area contributed by atoms with E-state index in [0.717, 1.165) is 28.2 Å². The standard InChI is InChI=1S/C24H20N4O/c1-15-11-20(18-7-5-4-6-8-18)12-16(2)23(15)28-14-25-27-24(28)19-9-10-21-22(13-19)29-17(3)26-21/h4-14H,1-3H3. The van der Waals surface area contributed by atoms with E-state index in [1.54, 1.807) is 6.33 Å². The monoisotopic (exact) mass is 380 g/mol. The zero-order chi connectivity index (χ0) is 20.0. The third-order valence-corrected chi connectivity index (χ3v) is 5.14. The van der Waals surface area contributed by atoms with E-state index < -0.39 is 0 Å². The lowest BCUT2D eigenvalue weighted by molar-refractivity contribution is 0.561. The number of nitrogens with zero attached hydrogens (tertiary/aromatic N) is 4. The van der Waals surface area contributed by atoms with Gasteiger partial charge in [-0.15, -0.1) is 10.2 Å². The molecule has 0 aliphatic rings. The lowest BCUT2D eigenvalue weighted by Crippen LogP contribution is -2.02. The first-order valence-corrected chi connectivity index (χ1v) is 9.55. The fraction of sp³-hybridized carbons (Fsp3) is 0.125. The van der Waals surface area contributed by atoms with Gasteiger partial charge in [0.2, 0.25) is 0 Å². The first-order valence-electron chi connectivity index (χ1n) is 9.55. The Kier molecular flexibility index (Phi) is 4.02. The molecule has 0 aliphatic heterocycles. The van der Waals surface area contributed by atoms with Gasteiger partial charge < -0.3 is 4.42 Å². The van der Waals surface area contributed by atoms with Gasteiger partial charge in [-0.25, -0.2) is 4.98 Å². The van der Waals surface area contributed by atoms with Gasteiger partial charge in [-0.2, -0.15) is 0 Å². The molecule has 0 saturated carbocycles. The molecule has 0 radical (unpaired) electrons. The average molecular weight is 380 g/mol. The normalized spacial score (nSPS) is 11.3. The zero-order valence-corrected chi connectivity index (χ0v) is 16.5. The van der Waals surface area contributed by atoms with E-state index in [0.29, 0.717) is 5.89 Å². The summed E-state index contributed by atoms with van der Waals surface area (Å²) in [5.41, 5.74) is 8.39. The predicted molar refractivity (Wildman–Crippen MR) is 114 cm³/mol. The van der Waals surface area contributed by atoms with Crippen LogP contribution in [0.3, 0.4) is 0 Å². The van der Waals surface area contributed by atoms with Crippen LogP contribution < -0.4 is 0 Å². The molecule has 29 heavy (non-hydrogen) atoms. The molecule has 3 aromatic carbocycles. The van der Waals surface area contributed by atoms with Crippen LogP contribution in [-0.4, -0.2) is 19.7 Å². The number of aryl methyl sites for hydroxylation is 3. The van der Waals surface area contributed by atoms with Crippen LogP contribution in [0.1, 0.15) is 17.0 Å². The molecule has 142 valence electrons. The second-order valence-electron chi connectivity index (χ2n) is 7.26. The highest BCUT2D eigenvalue weighted by Crippen LogP contribution is 2.31. The summed E-state index contributed by atoms with van der Waals surface area (Å²) >= 11 is 0. The van der Waals surface area contributed by atoms with Crippen molar-refractivity contribution in [2.75, 3.05) is 0 Å². The Labute approximate surface area is 168 Å². The summed E-state index contributed by atoms with van der Waals surface area (Å²) in [6, 6.07) is 20.8. The van der Waals surface area contributed by atoms with Gasteiger partial charge in [-0.05, 0) is 66.4 Å². The van der Waals surface area contributed by atoms with Gasteiger partial charge in [-0.3, -0.25) is 4.57 Å². The molecule has 0 saturated heterocycles. The zero-order valence-electron chi connectivity index (χ0n) is 16.5. The summed E-state index contributed by atoms with van der Waals surface area (Å²) < 4.78 is 7.74. The largest absolute Gasteiger partial charge is 0.441 e. The topological polar surface area (TPSA) is 56.7 Å². The van der Waals surface area contributed by atoms with Crippen molar-refractivity contribution >= 4 is 11.1 Å². The molecule has 0 amide bonds. The second-order valence-corrected chi connectivity index (χ2v) is 7.26. The Balaban J connectivity index is 1.63. The van der Waals surface area contributed by atoms with E-state index >= 15 is 0 Å². The van der Waals surface area contributed by atoms with Crippen LogP contribution >= 0.6 is 0 Å². The van der Waals surface area contributed by atoms with Gasteiger partial charge in [0, 0.05) is 12.5 Å². The number of aromatic nitrogens is 4. The van der Waals surface area contributed by atoms with E-state index in [2.05, 4.69) is 65.4 Å². The summed E-state index contributed by atoms with van der Waals surface area (Å²) in [5, 5.41) is 8.58. The van der Waals surface area contributed by atoms with Crippen LogP contribution in [0, 0.1) is 20.8 Å². The smallest absolute Gasteiger partial charge is 0.192 e.